The minimum Gasteiger partial charge on any atom is -0.479 e. The Morgan fingerprint density at radius 1 is 1.50 bits per heavy atom. The monoisotopic (exact) mass is 230 g/mol. The maximum absolute atomic E-state index is 11.6. The summed E-state index contributed by atoms with van der Waals surface area (Å²) in [5.41, 5.74) is 0. The molecule has 16 heavy (non-hydrogen) atoms. The highest BCUT2D eigenvalue weighted by Gasteiger charge is 2.28. The average Bonchev–Trinajstić information content (AvgIpc) is 2.14. The zero-order valence-electron chi connectivity index (χ0n) is 9.27. The van der Waals surface area contributed by atoms with Crippen LogP contribution in [0.1, 0.15) is 13.3 Å². The number of hydrogen-bond donors (Lipinski definition) is 4. The van der Waals surface area contributed by atoms with E-state index in [1.165, 1.54) is 0 Å². The second kappa shape index (κ2) is 5.81. The van der Waals surface area contributed by atoms with E-state index in [1.807, 2.05) is 6.92 Å². The molecule has 1 aliphatic heterocycles. The van der Waals surface area contributed by atoms with Gasteiger partial charge in [-0.1, -0.05) is 6.92 Å². The van der Waals surface area contributed by atoms with Crippen molar-refractivity contribution in [3.8, 4) is 0 Å². The first kappa shape index (κ1) is 12.9. The highest BCUT2D eigenvalue weighted by molar-refractivity contribution is 5.79. The second-order valence-electron chi connectivity index (χ2n) is 4.14. The summed E-state index contributed by atoms with van der Waals surface area (Å²) in [5, 5.41) is 23.1. The number of aliphatic hydroxyl groups excluding tert-OH is 1. The lowest BCUT2D eigenvalue weighted by Gasteiger charge is -2.31. The highest BCUT2D eigenvalue weighted by Crippen LogP contribution is 2.15. The normalized spacial score (nSPS) is 19.6. The number of amides is 1. The van der Waals surface area contributed by atoms with Gasteiger partial charge in [0.2, 0.25) is 5.91 Å². The van der Waals surface area contributed by atoms with Crippen molar-refractivity contribution in [1.29, 1.82) is 0 Å². The molecule has 2 unspecified atom stereocenters. The largest absolute Gasteiger partial charge is 0.479 e. The minimum absolute atomic E-state index is 0.0384. The molecule has 4 N–H and O–H groups in total. The Kier molecular flexibility index (Phi) is 4.70. The molecule has 2 atom stereocenters. The third-order valence-electron chi connectivity index (χ3n) is 2.94. The van der Waals surface area contributed by atoms with Crippen LogP contribution >= 0.6 is 0 Å². The number of carboxylic acid groups (broad SMARTS) is 1. The predicted molar refractivity (Wildman–Crippen MR) is 56.8 cm³/mol. The van der Waals surface area contributed by atoms with Crippen molar-refractivity contribution in [2.24, 2.45) is 11.8 Å². The summed E-state index contributed by atoms with van der Waals surface area (Å²) in [4.78, 5) is 21.9. The maximum atomic E-state index is 11.6. The van der Waals surface area contributed by atoms with Gasteiger partial charge in [0.05, 0.1) is 0 Å². The van der Waals surface area contributed by atoms with Gasteiger partial charge in [-0.25, -0.2) is 4.79 Å². The summed E-state index contributed by atoms with van der Waals surface area (Å²) in [6.07, 6.45) is -1.36. The van der Waals surface area contributed by atoms with E-state index in [2.05, 4.69) is 10.6 Å². The van der Waals surface area contributed by atoms with Gasteiger partial charge in [-0.2, -0.15) is 0 Å². The predicted octanol–water partition coefficient (Wildman–Crippen LogP) is -1.21. The van der Waals surface area contributed by atoms with Crippen molar-refractivity contribution in [3.05, 3.63) is 0 Å². The van der Waals surface area contributed by atoms with E-state index in [1.54, 1.807) is 0 Å². The fourth-order valence-electron chi connectivity index (χ4n) is 1.50. The van der Waals surface area contributed by atoms with Gasteiger partial charge in [-0.3, -0.25) is 4.79 Å². The van der Waals surface area contributed by atoms with Gasteiger partial charge >= 0.3 is 5.97 Å². The SMILES string of the molecule is CC(C(=O)NCCC(O)C(=O)O)C1CNC1. The smallest absolute Gasteiger partial charge is 0.332 e. The molecule has 0 radical (unpaired) electrons. The molecule has 1 amide bonds. The van der Waals surface area contributed by atoms with Gasteiger partial charge < -0.3 is 20.8 Å². The molecule has 0 spiro atoms. The third-order valence-corrected chi connectivity index (χ3v) is 2.94. The van der Waals surface area contributed by atoms with E-state index in [0.29, 0.717) is 5.92 Å². The summed E-state index contributed by atoms with van der Waals surface area (Å²) >= 11 is 0. The van der Waals surface area contributed by atoms with Crippen LogP contribution in [0.4, 0.5) is 0 Å². The Hall–Kier alpha value is -1.14. The van der Waals surface area contributed by atoms with E-state index in [9.17, 15) is 9.59 Å². The quantitative estimate of drug-likeness (QED) is 0.459. The molecule has 0 aromatic heterocycles. The Bertz CT molecular complexity index is 266. The van der Waals surface area contributed by atoms with Gasteiger partial charge in [-0.05, 0) is 19.0 Å². The Labute approximate surface area is 94.0 Å². The molecule has 6 nitrogen and oxygen atoms in total. The Morgan fingerprint density at radius 2 is 2.12 bits per heavy atom. The number of rotatable bonds is 6. The van der Waals surface area contributed by atoms with Gasteiger partial charge in [0, 0.05) is 18.9 Å². The maximum Gasteiger partial charge on any atom is 0.332 e. The molecule has 1 rings (SSSR count). The van der Waals surface area contributed by atoms with Crippen molar-refractivity contribution in [2.75, 3.05) is 19.6 Å². The van der Waals surface area contributed by atoms with Crippen LogP contribution in [0.3, 0.4) is 0 Å². The van der Waals surface area contributed by atoms with E-state index < -0.39 is 12.1 Å². The first-order chi connectivity index (χ1) is 7.52. The topological polar surface area (TPSA) is 98.7 Å². The highest BCUT2D eigenvalue weighted by atomic mass is 16.4. The number of aliphatic carboxylic acids is 1. The van der Waals surface area contributed by atoms with Crippen molar-refractivity contribution < 1.29 is 19.8 Å². The van der Waals surface area contributed by atoms with Gasteiger partial charge in [0.1, 0.15) is 0 Å². The first-order valence-electron chi connectivity index (χ1n) is 5.41. The standard InChI is InChI=1S/C10H18N2O4/c1-6(7-4-11-5-7)9(14)12-3-2-8(13)10(15)16/h6-8,11,13H,2-5H2,1H3,(H,12,14)(H,15,16). The molecule has 1 aliphatic rings. The van der Waals surface area contributed by atoms with E-state index in [-0.39, 0.29) is 24.8 Å². The fraction of sp³-hybridized carbons (Fsp3) is 0.800. The van der Waals surface area contributed by atoms with Crippen LogP contribution in [-0.2, 0) is 9.59 Å². The molecule has 0 saturated carbocycles. The summed E-state index contributed by atoms with van der Waals surface area (Å²) < 4.78 is 0. The van der Waals surface area contributed by atoms with Crippen molar-refractivity contribution in [1.82, 2.24) is 10.6 Å². The minimum atomic E-state index is -1.40. The van der Waals surface area contributed by atoms with Crippen molar-refractivity contribution in [3.63, 3.8) is 0 Å². The molecule has 0 aromatic rings. The molecular formula is C10H18N2O4. The van der Waals surface area contributed by atoms with Crippen molar-refractivity contribution >= 4 is 11.9 Å². The summed E-state index contributed by atoms with van der Waals surface area (Å²) in [6, 6.07) is 0. The number of hydrogen-bond acceptors (Lipinski definition) is 4. The van der Waals surface area contributed by atoms with Crippen LogP contribution in [0.5, 0.6) is 0 Å². The van der Waals surface area contributed by atoms with E-state index in [0.717, 1.165) is 13.1 Å². The third kappa shape index (κ3) is 3.46. The summed E-state index contributed by atoms with van der Waals surface area (Å²) in [5.74, 6) is -1.04. The fourth-order valence-corrected chi connectivity index (χ4v) is 1.50. The number of carboxylic acids is 1. The lowest BCUT2D eigenvalue weighted by atomic mass is 9.88. The molecule has 1 heterocycles. The number of carbonyl (C=O) groups excluding carboxylic acids is 1. The van der Waals surface area contributed by atoms with Crippen molar-refractivity contribution in [2.45, 2.75) is 19.4 Å². The molecule has 0 aliphatic carbocycles. The van der Waals surface area contributed by atoms with Crippen LogP contribution in [0, 0.1) is 11.8 Å². The zero-order valence-corrected chi connectivity index (χ0v) is 9.27. The Morgan fingerprint density at radius 3 is 2.56 bits per heavy atom. The lowest BCUT2D eigenvalue weighted by Crippen LogP contribution is -2.49. The summed E-state index contributed by atoms with van der Waals surface area (Å²) in [6.45, 7) is 3.75. The van der Waals surface area contributed by atoms with Crippen LogP contribution in [0.25, 0.3) is 0 Å². The molecule has 0 aromatic carbocycles. The van der Waals surface area contributed by atoms with Gasteiger partial charge in [0.25, 0.3) is 0 Å². The molecule has 1 fully saturated rings. The van der Waals surface area contributed by atoms with Gasteiger partial charge in [-0.15, -0.1) is 0 Å². The number of carbonyl (C=O) groups is 2. The Balaban J connectivity index is 2.16. The number of aliphatic hydroxyl groups is 1. The van der Waals surface area contributed by atoms with Crippen LogP contribution < -0.4 is 10.6 Å². The summed E-state index contributed by atoms with van der Waals surface area (Å²) in [7, 11) is 0. The second-order valence-corrected chi connectivity index (χ2v) is 4.14. The first-order valence-corrected chi connectivity index (χ1v) is 5.41. The van der Waals surface area contributed by atoms with Crippen LogP contribution in [0.15, 0.2) is 0 Å². The number of nitrogens with one attached hydrogen (secondary N) is 2. The zero-order chi connectivity index (χ0) is 12.1. The molecule has 6 heteroatoms. The molecule has 92 valence electrons. The van der Waals surface area contributed by atoms with E-state index >= 15 is 0 Å². The van der Waals surface area contributed by atoms with Crippen LogP contribution in [0.2, 0.25) is 0 Å². The van der Waals surface area contributed by atoms with Gasteiger partial charge in [0.15, 0.2) is 6.10 Å². The van der Waals surface area contributed by atoms with Crippen LogP contribution in [-0.4, -0.2) is 47.8 Å². The van der Waals surface area contributed by atoms with E-state index in [4.69, 9.17) is 10.2 Å². The molecule has 0 bridgehead atoms. The molecular weight excluding hydrogens is 212 g/mol. The average molecular weight is 230 g/mol. The molecule has 1 saturated heterocycles. The lowest BCUT2D eigenvalue weighted by molar-refractivity contribution is -0.147.